The summed E-state index contributed by atoms with van der Waals surface area (Å²) < 4.78 is 0. The fourth-order valence-corrected chi connectivity index (χ4v) is 2.60. The molecule has 7 heteroatoms. The molecule has 0 aromatic heterocycles. The van der Waals surface area contributed by atoms with Gasteiger partial charge in [-0.1, -0.05) is 55.5 Å². The van der Waals surface area contributed by atoms with Crippen molar-refractivity contribution in [1.82, 2.24) is 10.6 Å². The van der Waals surface area contributed by atoms with Crippen molar-refractivity contribution < 1.29 is 19.5 Å². The van der Waals surface area contributed by atoms with E-state index in [1.807, 2.05) is 0 Å². The van der Waals surface area contributed by atoms with E-state index in [2.05, 4.69) is 10.6 Å². The zero-order valence-electron chi connectivity index (χ0n) is 15.0. The maximum atomic E-state index is 12.5. The number of hydrogen-bond donors (Lipinski definition) is 4. The van der Waals surface area contributed by atoms with Crippen LogP contribution in [-0.2, 0) is 9.59 Å². The minimum Gasteiger partial charge on any atom is -0.381 e. The molecule has 5 N–H and O–H groups in total. The molecule has 0 saturated carbocycles. The Morgan fingerprint density at radius 1 is 0.963 bits per heavy atom. The minimum atomic E-state index is -1.60. The van der Waals surface area contributed by atoms with E-state index in [-0.39, 0.29) is 0 Å². The van der Waals surface area contributed by atoms with Crippen LogP contribution < -0.4 is 16.4 Å². The van der Waals surface area contributed by atoms with Crippen molar-refractivity contribution in [2.45, 2.75) is 31.5 Å². The molecule has 2 aromatic carbocycles. The number of carbonyl (C=O) groups is 3. The van der Waals surface area contributed by atoms with Crippen molar-refractivity contribution in [3.63, 3.8) is 0 Å². The maximum Gasteiger partial charge on any atom is 0.252 e. The number of rotatable bonds is 8. The van der Waals surface area contributed by atoms with Crippen molar-refractivity contribution in [2.24, 2.45) is 5.73 Å². The number of amides is 3. The molecule has 7 nitrogen and oxygen atoms in total. The largest absolute Gasteiger partial charge is 0.381 e. The van der Waals surface area contributed by atoms with Gasteiger partial charge in [0, 0.05) is 5.56 Å². The summed E-state index contributed by atoms with van der Waals surface area (Å²) in [5.41, 5.74) is 6.18. The summed E-state index contributed by atoms with van der Waals surface area (Å²) >= 11 is 0. The Labute approximate surface area is 157 Å². The van der Waals surface area contributed by atoms with Gasteiger partial charge in [0.05, 0.1) is 6.04 Å². The van der Waals surface area contributed by atoms with Crippen LogP contribution in [0.4, 0.5) is 0 Å². The van der Waals surface area contributed by atoms with E-state index in [0.29, 0.717) is 17.5 Å². The molecule has 0 heterocycles. The molecule has 3 atom stereocenters. The van der Waals surface area contributed by atoms with Crippen LogP contribution in [0.3, 0.4) is 0 Å². The number of primary amides is 1. The van der Waals surface area contributed by atoms with E-state index in [9.17, 15) is 19.5 Å². The highest BCUT2D eigenvalue weighted by molar-refractivity contribution is 5.95. The lowest BCUT2D eigenvalue weighted by Gasteiger charge is -2.25. The van der Waals surface area contributed by atoms with Gasteiger partial charge < -0.3 is 21.5 Å². The van der Waals surface area contributed by atoms with E-state index in [4.69, 9.17) is 5.73 Å². The third-order valence-electron chi connectivity index (χ3n) is 4.13. The van der Waals surface area contributed by atoms with Gasteiger partial charge in [0.2, 0.25) is 5.91 Å². The minimum absolute atomic E-state index is 0.292. The van der Waals surface area contributed by atoms with E-state index >= 15 is 0 Å². The highest BCUT2D eigenvalue weighted by Crippen LogP contribution is 2.18. The standard InChI is InChI=1S/C20H23N3O4/c1-2-15(18(21)25)22-20(27)17(24)16(13-9-5-3-6-10-13)23-19(26)14-11-7-4-8-12-14/h3-12,15-17,24H,2H2,1H3,(H2,21,25)(H,22,27)(H,23,26)/t15-,16+,17-/m1/s1. The molecule has 142 valence electrons. The maximum absolute atomic E-state index is 12.5. The van der Waals surface area contributed by atoms with Crippen LogP contribution in [0.15, 0.2) is 60.7 Å². The summed E-state index contributed by atoms with van der Waals surface area (Å²) in [7, 11) is 0. The lowest BCUT2D eigenvalue weighted by Crippen LogP contribution is -2.51. The van der Waals surface area contributed by atoms with Crippen LogP contribution in [0, 0.1) is 0 Å². The van der Waals surface area contributed by atoms with Gasteiger partial charge in [0.1, 0.15) is 6.04 Å². The van der Waals surface area contributed by atoms with E-state index in [1.54, 1.807) is 67.6 Å². The van der Waals surface area contributed by atoms with Crippen molar-refractivity contribution in [3.8, 4) is 0 Å². The highest BCUT2D eigenvalue weighted by atomic mass is 16.3. The Morgan fingerprint density at radius 2 is 1.52 bits per heavy atom. The topological polar surface area (TPSA) is 122 Å². The molecular weight excluding hydrogens is 346 g/mol. The lowest BCUT2D eigenvalue weighted by molar-refractivity contribution is -0.134. The summed E-state index contributed by atoms with van der Waals surface area (Å²) in [6.07, 6.45) is -1.31. The van der Waals surface area contributed by atoms with Crippen LogP contribution in [0.1, 0.15) is 35.3 Å². The average molecular weight is 369 g/mol. The van der Waals surface area contributed by atoms with Gasteiger partial charge in [0.15, 0.2) is 6.10 Å². The van der Waals surface area contributed by atoms with Gasteiger partial charge in [-0.3, -0.25) is 14.4 Å². The van der Waals surface area contributed by atoms with Crippen molar-refractivity contribution in [1.29, 1.82) is 0 Å². The first kappa shape index (κ1) is 20.1. The Morgan fingerprint density at radius 3 is 2.04 bits per heavy atom. The molecule has 0 aliphatic heterocycles. The van der Waals surface area contributed by atoms with E-state index < -0.39 is 35.9 Å². The number of hydrogen-bond acceptors (Lipinski definition) is 4. The number of carbonyl (C=O) groups excluding carboxylic acids is 3. The summed E-state index contributed by atoms with van der Waals surface area (Å²) in [6, 6.07) is 15.2. The van der Waals surface area contributed by atoms with Crippen LogP contribution in [-0.4, -0.2) is 35.0 Å². The second-order valence-corrected chi connectivity index (χ2v) is 6.04. The van der Waals surface area contributed by atoms with Gasteiger partial charge in [0.25, 0.3) is 11.8 Å². The van der Waals surface area contributed by atoms with E-state index in [0.717, 1.165) is 0 Å². The van der Waals surface area contributed by atoms with Gasteiger partial charge in [-0.15, -0.1) is 0 Å². The summed E-state index contributed by atoms with van der Waals surface area (Å²) in [5.74, 6) is -1.91. The molecule has 0 fully saturated rings. The first-order chi connectivity index (χ1) is 12.9. The van der Waals surface area contributed by atoms with Crippen LogP contribution in [0.5, 0.6) is 0 Å². The quantitative estimate of drug-likeness (QED) is 0.552. The first-order valence-corrected chi connectivity index (χ1v) is 8.62. The fraction of sp³-hybridized carbons (Fsp3) is 0.250. The molecule has 0 unspecified atom stereocenters. The van der Waals surface area contributed by atoms with Gasteiger partial charge in [-0.2, -0.15) is 0 Å². The highest BCUT2D eigenvalue weighted by Gasteiger charge is 2.31. The number of nitrogens with two attached hydrogens (primary N) is 1. The molecule has 27 heavy (non-hydrogen) atoms. The molecule has 0 saturated heterocycles. The number of aliphatic hydroxyl groups excluding tert-OH is 1. The zero-order chi connectivity index (χ0) is 19.8. The number of nitrogens with one attached hydrogen (secondary N) is 2. The van der Waals surface area contributed by atoms with Crippen LogP contribution in [0.25, 0.3) is 0 Å². The average Bonchev–Trinajstić information content (AvgIpc) is 2.70. The predicted octanol–water partition coefficient (Wildman–Crippen LogP) is 0.899. The molecule has 0 radical (unpaired) electrons. The zero-order valence-corrected chi connectivity index (χ0v) is 15.0. The SMILES string of the molecule is CC[C@@H](NC(=O)[C@H](O)[C@@H](NC(=O)c1ccccc1)c1ccccc1)C(N)=O. The Balaban J connectivity index is 2.23. The van der Waals surface area contributed by atoms with Gasteiger partial charge in [-0.25, -0.2) is 0 Å². The molecular formula is C20H23N3O4. The predicted molar refractivity (Wildman–Crippen MR) is 101 cm³/mol. The Kier molecular flexibility index (Phi) is 7.08. The lowest BCUT2D eigenvalue weighted by atomic mass is 9.99. The van der Waals surface area contributed by atoms with Gasteiger partial charge >= 0.3 is 0 Å². The third kappa shape index (κ3) is 5.39. The molecule has 2 rings (SSSR count). The second kappa shape index (κ2) is 9.49. The van der Waals surface area contributed by atoms with Crippen LogP contribution >= 0.6 is 0 Å². The summed E-state index contributed by atoms with van der Waals surface area (Å²) in [4.78, 5) is 36.3. The van der Waals surface area contributed by atoms with Crippen molar-refractivity contribution in [3.05, 3.63) is 71.8 Å². The molecule has 0 bridgehead atoms. The van der Waals surface area contributed by atoms with Crippen molar-refractivity contribution >= 4 is 17.7 Å². The van der Waals surface area contributed by atoms with Crippen molar-refractivity contribution in [2.75, 3.05) is 0 Å². The molecule has 3 amide bonds. The third-order valence-corrected chi connectivity index (χ3v) is 4.13. The van der Waals surface area contributed by atoms with Gasteiger partial charge in [-0.05, 0) is 24.1 Å². The Hall–Kier alpha value is -3.19. The summed E-state index contributed by atoms with van der Waals surface area (Å²) in [5, 5.41) is 15.7. The first-order valence-electron chi connectivity index (χ1n) is 8.62. The number of benzene rings is 2. The monoisotopic (exact) mass is 369 g/mol. The number of aliphatic hydroxyl groups is 1. The molecule has 0 aliphatic carbocycles. The second-order valence-electron chi connectivity index (χ2n) is 6.04. The summed E-state index contributed by atoms with van der Waals surface area (Å²) in [6.45, 7) is 1.69. The van der Waals surface area contributed by atoms with Crippen LogP contribution in [0.2, 0.25) is 0 Å². The molecule has 0 aliphatic rings. The van der Waals surface area contributed by atoms with E-state index in [1.165, 1.54) is 0 Å². The normalized spacial score (nSPS) is 13.9. The Bertz CT molecular complexity index is 780. The smallest absolute Gasteiger partial charge is 0.252 e. The molecule has 0 spiro atoms. The fourth-order valence-electron chi connectivity index (χ4n) is 2.60. The molecule has 2 aromatic rings.